The second kappa shape index (κ2) is 7.00. The van der Waals surface area contributed by atoms with Crippen LogP contribution in [-0.4, -0.2) is 15.5 Å². The third-order valence-electron chi connectivity index (χ3n) is 2.23. The molecule has 17 heavy (non-hydrogen) atoms. The lowest BCUT2D eigenvalue weighted by Gasteiger charge is -1.89. The van der Waals surface area contributed by atoms with Crippen molar-refractivity contribution in [3.63, 3.8) is 0 Å². The number of halogens is 1. The third kappa shape index (κ3) is 3.70. The van der Waals surface area contributed by atoms with Crippen LogP contribution in [0.2, 0.25) is 0 Å². The van der Waals surface area contributed by atoms with Gasteiger partial charge in [-0.3, -0.25) is 0 Å². The summed E-state index contributed by atoms with van der Waals surface area (Å²) >= 11 is 1.79. The van der Waals surface area contributed by atoms with E-state index in [1.54, 1.807) is 11.8 Å². The van der Waals surface area contributed by atoms with Crippen LogP contribution in [0.5, 0.6) is 0 Å². The van der Waals surface area contributed by atoms with Crippen molar-refractivity contribution in [1.82, 2.24) is 9.78 Å². The molecule has 2 rings (SSSR count). The predicted molar refractivity (Wildman–Crippen MR) is 65.8 cm³/mol. The molecule has 1 heterocycles. The van der Waals surface area contributed by atoms with Crippen LogP contribution in [0.4, 0.5) is 0 Å². The molecule has 2 aromatic rings. The Morgan fingerprint density at radius 2 is 2.00 bits per heavy atom. The summed E-state index contributed by atoms with van der Waals surface area (Å²) in [5.74, 6) is 1.11. The van der Waals surface area contributed by atoms with E-state index < -0.39 is 0 Å². The molecule has 0 amide bonds. The number of hydrogen-bond donors (Lipinski definition) is 0. The van der Waals surface area contributed by atoms with Gasteiger partial charge in [0.25, 0.3) is 0 Å². The molecule has 0 saturated carbocycles. The van der Waals surface area contributed by atoms with Crippen molar-refractivity contribution in [2.24, 2.45) is 7.05 Å². The summed E-state index contributed by atoms with van der Waals surface area (Å²) < 4.78 is 3.98. The number of nitrogens with zero attached hydrogens (tertiary/aromatic N) is 3. The molecular weight excluding hydrogens is 345 g/mol. The van der Waals surface area contributed by atoms with Crippen molar-refractivity contribution >= 4 is 11.8 Å². The zero-order valence-corrected chi connectivity index (χ0v) is 13.0. The first-order valence-electron chi connectivity index (χ1n) is 5.45. The predicted octanol–water partition coefficient (Wildman–Crippen LogP) is -0.797. The van der Waals surface area contributed by atoms with E-state index in [9.17, 15) is 0 Å². The molecule has 0 atom stereocenters. The lowest BCUT2D eigenvalue weighted by atomic mass is 10.3. The zero-order valence-electron chi connectivity index (χ0n) is 10.0. The summed E-state index contributed by atoms with van der Waals surface area (Å²) in [7, 11) is 2.03. The Morgan fingerprint density at radius 1 is 1.29 bits per heavy atom. The van der Waals surface area contributed by atoms with Crippen molar-refractivity contribution in [2.45, 2.75) is 18.5 Å². The van der Waals surface area contributed by atoms with Gasteiger partial charge in [0, 0.05) is 5.75 Å². The third-order valence-corrected chi connectivity index (χ3v) is 3.47. The Bertz CT molecular complexity index is 456. The highest BCUT2D eigenvalue weighted by Crippen LogP contribution is 2.13. The first kappa shape index (κ1) is 14.5. The molecular formula is C12H16IN3S. The minimum Gasteiger partial charge on any atom is -1.00 e. The molecule has 0 N–H and O–H groups in total. The fourth-order valence-corrected chi connectivity index (χ4v) is 2.21. The quantitative estimate of drug-likeness (QED) is 0.404. The van der Waals surface area contributed by atoms with Crippen molar-refractivity contribution in [3.8, 4) is 5.69 Å². The monoisotopic (exact) mass is 361 g/mol. The summed E-state index contributed by atoms with van der Waals surface area (Å²) in [6.07, 6.45) is 3.18. The van der Waals surface area contributed by atoms with Crippen molar-refractivity contribution in [3.05, 3.63) is 36.7 Å². The highest BCUT2D eigenvalue weighted by atomic mass is 127. The van der Waals surface area contributed by atoms with Crippen LogP contribution >= 0.6 is 11.8 Å². The average Bonchev–Trinajstić information content (AvgIpc) is 2.69. The van der Waals surface area contributed by atoms with Gasteiger partial charge in [-0.05, 0) is 30.3 Å². The lowest BCUT2D eigenvalue weighted by Crippen LogP contribution is -3.00. The summed E-state index contributed by atoms with van der Waals surface area (Å²) in [5, 5.41) is 5.62. The van der Waals surface area contributed by atoms with Gasteiger partial charge in [0.05, 0.1) is 12.1 Å². The maximum absolute atomic E-state index is 4.56. The van der Waals surface area contributed by atoms with Gasteiger partial charge in [0.15, 0.2) is 0 Å². The van der Waals surface area contributed by atoms with Crippen molar-refractivity contribution in [1.29, 1.82) is 0 Å². The molecule has 1 aromatic carbocycles. The first-order valence-corrected chi connectivity index (χ1v) is 6.43. The molecule has 0 aliphatic rings. The van der Waals surface area contributed by atoms with Gasteiger partial charge in [-0.15, -0.1) is 0 Å². The molecule has 0 aliphatic heterocycles. The largest absolute Gasteiger partial charge is 1.00 e. The van der Waals surface area contributed by atoms with Crippen LogP contribution in [-0.2, 0) is 7.05 Å². The Hall–Kier alpha value is -0.560. The molecule has 92 valence electrons. The lowest BCUT2D eigenvalue weighted by molar-refractivity contribution is -0.709. The molecule has 5 heteroatoms. The molecule has 0 saturated heterocycles. The molecule has 0 fully saturated rings. The van der Waals surface area contributed by atoms with Crippen LogP contribution in [0.25, 0.3) is 5.69 Å². The van der Waals surface area contributed by atoms with E-state index in [0.717, 1.165) is 16.6 Å². The molecule has 1 aromatic heterocycles. The minimum atomic E-state index is 0. The maximum Gasteiger partial charge on any atom is 0.336 e. The molecule has 0 radical (unpaired) electrons. The first-order chi connectivity index (χ1) is 7.81. The fourth-order valence-electron chi connectivity index (χ4n) is 1.43. The van der Waals surface area contributed by atoms with Crippen LogP contribution < -0.4 is 28.5 Å². The minimum absolute atomic E-state index is 0. The van der Waals surface area contributed by atoms with Gasteiger partial charge >= 0.3 is 5.16 Å². The Balaban J connectivity index is 0.00000144. The number of benzene rings is 1. The topological polar surface area (TPSA) is 21.7 Å². The second-order valence-electron chi connectivity index (χ2n) is 3.64. The second-order valence-corrected chi connectivity index (χ2v) is 4.70. The van der Waals surface area contributed by atoms with Crippen molar-refractivity contribution in [2.75, 3.05) is 5.75 Å². The molecule has 0 unspecified atom stereocenters. The van der Waals surface area contributed by atoms with Gasteiger partial charge in [-0.25, -0.2) is 4.57 Å². The molecule has 0 aliphatic carbocycles. The maximum atomic E-state index is 4.56. The standard InChI is InChI=1S/C12H16N3S.HI/c1-3-9-16-12-13-15(10-14(12)2)11-7-5-4-6-8-11;/h4-8,10H,3,9H2,1-2H3;1H/q+1;/p-1. The number of aromatic nitrogens is 3. The van der Waals surface area contributed by atoms with E-state index >= 15 is 0 Å². The van der Waals surface area contributed by atoms with Crippen molar-refractivity contribution < 1.29 is 28.5 Å². The summed E-state index contributed by atoms with van der Waals surface area (Å²) in [5.41, 5.74) is 1.10. The van der Waals surface area contributed by atoms with E-state index in [0.29, 0.717) is 0 Å². The Kier molecular flexibility index (Phi) is 5.97. The van der Waals surface area contributed by atoms with Gasteiger partial charge in [0.1, 0.15) is 5.69 Å². The van der Waals surface area contributed by atoms with Crippen LogP contribution in [0.1, 0.15) is 13.3 Å². The summed E-state index contributed by atoms with van der Waals surface area (Å²) in [4.78, 5) is 0. The number of para-hydroxylation sites is 1. The highest BCUT2D eigenvalue weighted by molar-refractivity contribution is 7.99. The number of hydrogen-bond acceptors (Lipinski definition) is 2. The summed E-state index contributed by atoms with van der Waals surface area (Å²) in [6.45, 7) is 2.18. The average molecular weight is 361 g/mol. The summed E-state index contributed by atoms with van der Waals surface area (Å²) in [6, 6.07) is 10.2. The van der Waals surface area contributed by atoms with Crippen LogP contribution in [0.15, 0.2) is 41.8 Å². The molecule has 0 bridgehead atoms. The van der Waals surface area contributed by atoms with Gasteiger partial charge in [-0.2, -0.15) is 0 Å². The number of aryl methyl sites for hydroxylation is 1. The van der Waals surface area contributed by atoms with E-state index in [1.165, 1.54) is 6.42 Å². The van der Waals surface area contributed by atoms with Gasteiger partial charge in [0.2, 0.25) is 6.33 Å². The van der Waals surface area contributed by atoms with Gasteiger partial charge in [-0.1, -0.05) is 29.8 Å². The Morgan fingerprint density at radius 3 is 2.65 bits per heavy atom. The van der Waals surface area contributed by atoms with E-state index in [-0.39, 0.29) is 24.0 Å². The number of rotatable bonds is 4. The molecule has 0 spiro atoms. The van der Waals surface area contributed by atoms with E-state index in [1.807, 2.05) is 36.3 Å². The highest BCUT2D eigenvalue weighted by Gasteiger charge is 2.14. The smallest absolute Gasteiger partial charge is 0.336 e. The fraction of sp³-hybridized carbons (Fsp3) is 0.333. The molecule has 3 nitrogen and oxygen atoms in total. The van der Waals surface area contributed by atoms with E-state index in [4.69, 9.17) is 0 Å². The zero-order chi connectivity index (χ0) is 11.4. The van der Waals surface area contributed by atoms with E-state index in [2.05, 4.69) is 28.7 Å². The number of thioether (sulfide) groups is 1. The Labute approximate surface area is 123 Å². The SMILES string of the molecule is CCCSc1nn(-c2ccccc2)c[n+]1C.[I-]. The van der Waals surface area contributed by atoms with Crippen LogP contribution in [0, 0.1) is 0 Å². The normalized spacial score (nSPS) is 10.0. The van der Waals surface area contributed by atoms with Crippen LogP contribution in [0.3, 0.4) is 0 Å². The van der Waals surface area contributed by atoms with Gasteiger partial charge < -0.3 is 24.0 Å².